The highest BCUT2D eigenvalue weighted by molar-refractivity contribution is 5.93. The highest BCUT2D eigenvalue weighted by atomic mass is 16.5. The average molecular weight is 289 g/mol. The van der Waals surface area contributed by atoms with Crippen molar-refractivity contribution in [2.24, 2.45) is 0 Å². The minimum absolute atomic E-state index is 0.182. The van der Waals surface area contributed by atoms with Crippen LogP contribution in [0.1, 0.15) is 24.5 Å². The lowest BCUT2D eigenvalue weighted by molar-refractivity contribution is 0.0684. The van der Waals surface area contributed by atoms with Gasteiger partial charge in [-0.3, -0.25) is 0 Å². The van der Waals surface area contributed by atoms with Gasteiger partial charge in [-0.1, -0.05) is 12.1 Å². The molecule has 0 saturated heterocycles. The third-order valence-electron chi connectivity index (χ3n) is 3.17. The Kier molecular flexibility index (Phi) is 5.05. The molecule has 0 unspecified atom stereocenters. The first-order valence-electron chi connectivity index (χ1n) is 7.00. The van der Waals surface area contributed by atoms with Crippen LogP contribution in [0.25, 0.3) is 10.9 Å². The Labute approximate surface area is 123 Å². The Bertz CT molecular complexity index is 631. The maximum atomic E-state index is 11.2. The van der Waals surface area contributed by atoms with Gasteiger partial charge in [0.25, 0.3) is 0 Å². The van der Waals surface area contributed by atoms with Crippen LogP contribution in [0.5, 0.6) is 0 Å². The van der Waals surface area contributed by atoms with Gasteiger partial charge in [-0.05, 0) is 26.0 Å². The Morgan fingerprint density at radius 3 is 2.71 bits per heavy atom. The molecular formula is C15H19N3O3. The number of para-hydroxylation sites is 1. The molecule has 6 heteroatoms. The van der Waals surface area contributed by atoms with Gasteiger partial charge in [0.15, 0.2) is 0 Å². The van der Waals surface area contributed by atoms with E-state index in [1.165, 1.54) is 0 Å². The largest absolute Gasteiger partial charge is 0.475 e. The van der Waals surface area contributed by atoms with Crippen LogP contribution in [0.3, 0.4) is 0 Å². The second-order valence-corrected chi connectivity index (χ2v) is 4.47. The standard InChI is InChI=1S/C15H19N3O3/c1-3-18(9-10-21-4-2)14-11-7-5-6-8-12(11)16-13(17-14)15(19)20/h5-8H,3-4,9-10H2,1-2H3,(H,19,20). The molecule has 0 bridgehead atoms. The van der Waals surface area contributed by atoms with E-state index in [-0.39, 0.29) is 5.82 Å². The fraction of sp³-hybridized carbons (Fsp3) is 0.400. The van der Waals surface area contributed by atoms with E-state index in [4.69, 9.17) is 9.84 Å². The SMILES string of the molecule is CCOCCN(CC)c1nc(C(=O)O)nc2ccccc12. The van der Waals surface area contributed by atoms with Gasteiger partial charge < -0.3 is 14.7 Å². The monoisotopic (exact) mass is 289 g/mol. The lowest BCUT2D eigenvalue weighted by atomic mass is 10.2. The third-order valence-corrected chi connectivity index (χ3v) is 3.17. The fourth-order valence-corrected chi connectivity index (χ4v) is 2.13. The number of carboxylic acids is 1. The highest BCUT2D eigenvalue weighted by Gasteiger charge is 2.16. The molecule has 0 atom stereocenters. The van der Waals surface area contributed by atoms with Crippen molar-refractivity contribution in [1.29, 1.82) is 0 Å². The van der Waals surface area contributed by atoms with Crippen molar-refractivity contribution in [3.63, 3.8) is 0 Å². The lowest BCUT2D eigenvalue weighted by Gasteiger charge is -2.23. The highest BCUT2D eigenvalue weighted by Crippen LogP contribution is 2.23. The number of hydrogen-bond acceptors (Lipinski definition) is 5. The van der Waals surface area contributed by atoms with E-state index in [0.29, 0.717) is 37.6 Å². The minimum Gasteiger partial charge on any atom is -0.475 e. The van der Waals surface area contributed by atoms with E-state index < -0.39 is 5.97 Å². The van der Waals surface area contributed by atoms with E-state index in [1.54, 1.807) is 6.07 Å². The summed E-state index contributed by atoms with van der Waals surface area (Å²) in [6.45, 7) is 6.55. The molecule has 21 heavy (non-hydrogen) atoms. The number of ether oxygens (including phenoxy) is 1. The van der Waals surface area contributed by atoms with Gasteiger partial charge >= 0.3 is 5.97 Å². The zero-order valence-corrected chi connectivity index (χ0v) is 12.2. The molecule has 1 N–H and O–H groups in total. The van der Waals surface area contributed by atoms with Crippen LogP contribution < -0.4 is 4.90 Å². The first-order chi connectivity index (χ1) is 10.2. The molecule has 2 aromatic rings. The van der Waals surface area contributed by atoms with E-state index >= 15 is 0 Å². The average Bonchev–Trinajstić information content (AvgIpc) is 2.50. The van der Waals surface area contributed by atoms with Crippen LogP contribution >= 0.6 is 0 Å². The van der Waals surface area contributed by atoms with Crippen molar-refractivity contribution >= 4 is 22.7 Å². The molecule has 1 aromatic carbocycles. The van der Waals surface area contributed by atoms with E-state index in [2.05, 4.69) is 9.97 Å². The number of anilines is 1. The van der Waals surface area contributed by atoms with Gasteiger partial charge in [0.1, 0.15) is 5.82 Å². The summed E-state index contributed by atoms with van der Waals surface area (Å²) in [6.07, 6.45) is 0. The number of aromatic carboxylic acids is 1. The van der Waals surface area contributed by atoms with Crippen LogP contribution in [0, 0.1) is 0 Å². The molecule has 6 nitrogen and oxygen atoms in total. The van der Waals surface area contributed by atoms with Crippen LogP contribution in [0.2, 0.25) is 0 Å². The number of benzene rings is 1. The molecule has 0 amide bonds. The number of carbonyl (C=O) groups is 1. The van der Waals surface area contributed by atoms with Crippen LogP contribution in [0.15, 0.2) is 24.3 Å². The van der Waals surface area contributed by atoms with Gasteiger partial charge in [0.05, 0.1) is 12.1 Å². The number of hydrogen-bond donors (Lipinski definition) is 1. The van der Waals surface area contributed by atoms with Crippen LogP contribution in [-0.2, 0) is 4.74 Å². The van der Waals surface area contributed by atoms with Crippen molar-refractivity contribution in [2.45, 2.75) is 13.8 Å². The summed E-state index contributed by atoms with van der Waals surface area (Å²) in [5.74, 6) is -0.665. The van der Waals surface area contributed by atoms with Crippen LogP contribution in [-0.4, -0.2) is 47.3 Å². The maximum absolute atomic E-state index is 11.2. The van der Waals surface area contributed by atoms with Gasteiger partial charge in [0.2, 0.25) is 5.82 Å². The number of aromatic nitrogens is 2. The molecule has 1 heterocycles. The smallest absolute Gasteiger partial charge is 0.374 e. The zero-order valence-electron chi connectivity index (χ0n) is 12.2. The molecular weight excluding hydrogens is 270 g/mol. The Morgan fingerprint density at radius 2 is 2.05 bits per heavy atom. The van der Waals surface area contributed by atoms with E-state index in [9.17, 15) is 4.79 Å². The summed E-state index contributed by atoms with van der Waals surface area (Å²) in [5, 5.41) is 10.0. The van der Waals surface area contributed by atoms with Crippen molar-refractivity contribution < 1.29 is 14.6 Å². The molecule has 0 aliphatic carbocycles. The molecule has 0 spiro atoms. The quantitative estimate of drug-likeness (QED) is 0.787. The normalized spacial score (nSPS) is 10.8. The third kappa shape index (κ3) is 3.46. The summed E-state index contributed by atoms with van der Waals surface area (Å²) in [7, 11) is 0. The van der Waals surface area contributed by atoms with Crippen molar-refractivity contribution in [3.8, 4) is 0 Å². The minimum atomic E-state index is -1.12. The molecule has 1 aromatic heterocycles. The zero-order chi connectivity index (χ0) is 15.2. The molecule has 112 valence electrons. The molecule has 0 saturated carbocycles. The molecule has 0 aliphatic rings. The predicted octanol–water partition coefficient (Wildman–Crippen LogP) is 2.19. The van der Waals surface area contributed by atoms with E-state index in [0.717, 1.165) is 5.39 Å². The van der Waals surface area contributed by atoms with Crippen molar-refractivity contribution in [1.82, 2.24) is 9.97 Å². The summed E-state index contributed by atoms with van der Waals surface area (Å²) in [5.41, 5.74) is 0.634. The molecule has 0 fully saturated rings. The molecule has 0 radical (unpaired) electrons. The second kappa shape index (κ2) is 6.99. The topological polar surface area (TPSA) is 75.5 Å². The second-order valence-electron chi connectivity index (χ2n) is 4.47. The van der Waals surface area contributed by atoms with Crippen LogP contribution in [0.4, 0.5) is 5.82 Å². The number of likely N-dealkylation sites (N-methyl/N-ethyl adjacent to an activating group) is 1. The summed E-state index contributed by atoms with van der Waals surface area (Å²) >= 11 is 0. The predicted molar refractivity (Wildman–Crippen MR) is 80.9 cm³/mol. The van der Waals surface area contributed by atoms with E-state index in [1.807, 2.05) is 36.9 Å². The van der Waals surface area contributed by atoms with Crippen molar-refractivity contribution in [3.05, 3.63) is 30.1 Å². The van der Waals surface area contributed by atoms with Gasteiger partial charge in [-0.15, -0.1) is 0 Å². The Morgan fingerprint density at radius 1 is 1.29 bits per heavy atom. The lowest BCUT2D eigenvalue weighted by Crippen LogP contribution is -2.29. The Balaban J connectivity index is 2.45. The summed E-state index contributed by atoms with van der Waals surface area (Å²) in [6, 6.07) is 7.43. The first-order valence-corrected chi connectivity index (χ1v) is 7.00. The number of carboxylic acid groups (broad SMARTS) is 1. The maximum Gasteiger partial charge on any atom is 0.374 e. The number of rotatable bonds is 7. The summed E-state index contributed by atoms with van der Waals surface area (Å²) in [4.78, 5) is 21.5. The van der Waals surface area contributed by atoms with Gasteiger partial charge in [0, 0.05) is 25.1 Å². The Hall–Kier alpha value is -2.21. The first kappa shape index (κ1) is 15.2. The number of nitrogens with zero attached hydrogens (tertiary/aromatic N) is 3. The van der Waals surface area contributed by atoms with Gasteiger partial charge in [-0.2, -0.15) is 0 Å². The number of fused-ring (bicyclic) bond motifs is 1. The fourth-order valence-electron chi connectivity index (χ4n) is 2.13. The molecule has 0 aliphatic heterocycles. The van der Waals surface area contributed by atoms with Crippen molar-refractivity contribution in [2.75, 3.05) is 31.2 Å². The molecule has 2 rings (SSSR count). The van der Waals surface area contributed by atoms with Gasteiger partial charge in [-0.25, -0.2) is 14.8 Å². The summed E-state index contributed by atoms with van der Waals surface area (Å²) < 4.78 is 5.38.